The van der Waals surface area contributed by atoms with Crippen LogP contribution in [-0.4, -0.2) is 36.1 Å². The quantitative estimate of drug-likeness (QED) is 0.917. The minimum Gasteiger partial charge on any atom is -0.353 e. The number of hydrogen-bond donors (Lipinski definition) is 1. The first-order valence-electron chi connectivity index (χ1n) is 8.91. The van der Waals surface area contributed by atoms with Gasteiger partial charge in [0.05, 0.1) is 5.39 Å². The standard InChI is InChI=1S/C18H26N4S/c1-11(2)16-20-17(22-8-6-19-7-9-22)15-13-5-4-12(3)10-14(13)23-18(15)21-16/h11-12,19H,4-10H2,1-3H3. The van der Waals surface area contributed by atoms with Gasteiger partial charge in [-0.1, -0.05) is 20.8 Å². The Bertz CT molecular complexity index is 715. The van der Waals surface area contributed by atoms with Gasteiger partial charge in [-0.2, -0.15) is 0 Å². The van der Waals surface area contributed by atoms with Gasteiger partial charge in [0.15, 0.2) is 0 Å². The summed E-state index contributed by atoms with van der Waals surface area (Å²) >= 11 is 1.92. The molecule has 124 valence electrons. The van der Waals surface area contributed by atoms with Gasteiger partial charge in [-0.15, -0.1) is 11.3 Å². The summed E-state index contributed by atoms with van der Waals surface area (Å²) in [5.41, 5.74) is 1.55. The van der Waals surface area contributed by atoms with Crippen LogP contribution in [0.3, 0.4) is 0 Å². The van der Waals surface area contributed by atoms with Gasteiger partial charge in [0, 0.05) is 37.0 Å². The highest BCUT2D eigenvalue weighted by atomic mass is 32.1. The first-order chi connectivity index (χ1) is 11.1. The van der Waals surface area contributed by atoms with Crippen LogP contribution < -0.4 is 10.2 Å². The maximum absolute atomic E-state index is 5.02. The Balaban J connectivity index is 1.90. The van der Waals surface area contributed by atoms with E-state index in [4.69, 9.17) is 9.97 Å². The van der Waals surface area contributed by atoms with Crippen molar-refractivity contribution in [2.45, 2.75) is 46.0 Å². The lowest BCUT2D eigenvalue weighted by atomic mass is 9.89. The summed E-state index contributed by atoms with van der Waals surface area (Å²) in [4.78, 5) is 15.2. The number of piperazine rings is 1. The average Bonchev–Trinajstić information content (AvgIpc) is 2.91. The molecule has 23 heavy (non-hydrogen) atoms. The van der Waals surface area contributed by atoms with Crippen LogP contribution in [0.4, 0.5) is 5.82 Å². The number of nitrogens with one attached hydrogen (secondary N) is 1. The summed E-state index contributed by atoms with van der Waals surface area (Å²) in [6.45, 7) is 10.9. The highest BCUT2D eigenvalue weighted by Gasteiger charge is 2.26. The molecule has 3 heterocycles. The maximum Gasteiger partial charge on any atom is 0.141 e. The Kier molecular flexibility index (Phi) is 4.01. The minimum atomic E-state index is 0.374. The molecule has 1 atom stereocenters. The summed E-state index contributed by atoms with van der Waals surface area (Å²) in [5, 5.41) is 4.81. The van der Waals surface area contributed by atoms with E-state index in [0.29, 0.717) is 5.92 Å². The van der Waals surface area contributed by atoms with Gasteiger partial charge in [-0.25, -0.2) is 9.97 Å². The van der Waals surface area contributed by atoms with Gasteiger partial charge in [0.1, 0.15) is 16.5 Å². The molecule has 0 radical (unpaired) electrons. The Morgan fingerprint density at radius 2 is 2.00 bits per heavy atom. The zero-order valence-corrected chi connectivity index (χ0v) is 15.2. The smallest absolute Gasteiger partial charge is 0.141 e. The third kappa shape index (κ3) is 2.74. The molecule has 1 fully saturated rings. The number of fused-ring (bicyclic) bond motifs is 3. The van der Waals surface area contributed by atoms with Crippen molar-refractivity contribution in [1.82, 2.24) is 15.3 Å². The lowest BCUT2D eigenvalue weighted by Crippen LogP contribution is -2.44. The lowest BCUT2D eigenvalue weighted by molar-refractivity contribution is 0.509. The summed E-state index contributed by atoms with van der Waals surface area (Å²) in [6, 6.07) is 0. The molecule has 0 aromatic carbocycles. The highest BCUT2D eigenvalue weighted by molar-refractivity contribution is 7.19. The molecular formula is C18H26N4S. The highest BCUT2D eigenvalue weighted by Crippen LogP contribution is 2.41. The van der Waals surface area contributed by atoms with Gasteiger partial charge < -0.3 is 10.2 Å². The lowest BCUT2D eigenvalue weighted by Gasteiger charge is -2.30. The second-order valence-corrected chi connectivity index (χ2v) is 8.41. The summed E-state index contributed by atoms with van der Waals surface area (Å²) in [6.07, 6.45) is 3.71. The summed E-state index contributed by atoms with van der Waals surface area (Å²) in [5.74, 6) is 3.37. The zero-order chi connectivity index (χ0) is 16.0. The first-order valence-corrected chi connectivity index (χ1v) is 9.73. The van der Waals surface area contributed by atoms with Gasteiger partial charge >= 0.3 is 0 Å². The molecule has 0 spiro atoms. The number of anilines is 1. The topological polar surface area (TPSA) is 41.1 Å². The molecule has 2 aromatic rings. The summed E-state index contributed by atoms with van der Waals surface area (Å²) in [7, 11) is 0. The van der Waals surface area contributed by atoms with Crippen LogP contribution in [0.2, 0.25) is 0 Å². The molecule has 0 bridgehead atoms. The largest absolute Gasteiger partial charge is 0.353 e. The molecule has 2 aromatic heterocycles. The van der Waals surface area contributed by atoms with Gasteiger partial charge in [0.25, 0.3) is 0 Å². The third-order valence-electron chi connectivity index (χ3n) is 5.09. The SMILES string of the molecule is CC1CCc2c(sc3nc(C(C)C)nc(N4CCNCC4)c23)C1. The Morgan fingerprint density at radius 3 is 2.74 bits per heavy atom. The molecule has 1 aliphatic heterocycles. The fourth-order valence-corrected chi connectivity index (χ4v) is 5.09. The van der Waals surface area contributed by atoms with Crippen molar-refractivity contribution in [3.05, 3.63) is 16.3 Å². The number of rotatable bonds is 2. The predicted octanol–water partition coefficient (Wildman–Crippen LogP) is 3.35. The normalized spacial score (nSPS) is 21.9. The molecule has 1 N–H and O–H groups in total. The van der Waals surface area contributed by atoms with Crippen molar-refractivity contribution in [3.8, 4) is 0 Å². The Labute approximate surface area is 142 Å². The van der Waals surface area contributed by atoms with Crippen molar-refractivity contribution < 1.29 is 0 Å². The molecule has 0 saturated carbocycles. The van der Waals surface area contributed by atoms with E-state index in [-0.39, 0.29) is 0 Å². The minimum absolute atomic E-state index is 0.374. The van der Waals surface area contributed by atoms with E-state index >= 15 is 0 Å². The number of hydrogen-bond acceptors (Lipinski definition) is 5. The van der Waals surface area contributed by atoms with E-state index in [1.165, 1.54) is 35.3 Å². The van der Waals surface area contributed by atoms with Crippen molar-refractivity contribution in [2.24, 2.45) is 5.92 Å². The fraction of sp³-hybridized carbons (Fsp3) is 0.667. The van der Waals surface area contributed by atoms with Crippen LogP contribution >= 0.6 is 11.3 Å². The van der Waals surface area contributed by atoms with Crippen LogP contribution in [0.1, 0.15) is 49.4 Å². The van der Waals surface area contributed by atoms with E-state index < -0.39 is 0 Å². The molecular weight excluding hydrogens is 304 g/mol. The number of aromatic nitrogens is 2. The van der Waals surface area contributed by atoms with E-state index in [1.54, 1.807) is 10.4 Å². The van der Waals surface area contributed by atoms with Gasteiger partial charge in [-0.05, 0) is 30.7 Å². The van der Waals surface area contributed by atoms with E-state index in [0.717, 1.165) is 37.9 Å². The predicted molar refractivity (Wildman–Crippen MR) is 97.8 cm³/mol. The van der Waals surface area contributed by atoms with Crippen molar-refractivity contribution in [3.63, 3.8) is 0 Å². The first kappa shape index (κ1) is 15.3. The third-order valence-corrected chi connectivity index (χ3v) is 6.23. The van der Waals surface area contributed by atoms with E-state index in [1.807, 2.05) is 11.3 Å². The van der Waals surface area contributed by atoms with Crippen molar-refractivity contribution in [1.29, 1.82) is 0 Å². The summed E-state index contributed by atoms with van der Waals surface area (Å²) < 4.78 is 0. The molecule has 1 unspecified atom stereocenters. The monoisotopic (exact) mass is 330 g/mol. The van der Waals surface area contributed by atoms with E-state index in [2.05, 4.69) is 31.0 Å². The molecule has 1 saturated heterocycles. The fourth-order valence-electron chi connectivity index (χ4n) is 3.70. The second-order valence-electron chi connectivity index (χ2n) is 7.33. The maximum atomic E-state index is 5.02. The Morgan fingerprint density at radius 1 is 1.22 bits per heavy atom. The second kappa shape index (κ2) is 6.02. The van der Waals surface area contributed by atoms with Crippen LogP contribution in [-0.2, 0) is 12.8 Å². The van der Waals surface area contributed by atoms with Crippen molar-refractivity contribution >= 4 is 27.4 Å². The molecule has 4 rings (SSSR count). The number of thiophene rings is 1. The Hall–Kier alpha value is -1.20. The molecule has 2 aliphatic rings. The van der Waals surface area contributed by atoms with Crippen LogP contribution in [0, 0.1) is 5.92 Å². The average molecular weight is 331 g/mol. The van der Waals surface area contributed by atoms with Gasteiger partial charge in [-0.3, -0.25) is 0 Å². The van der Waals surface area contributed by atoms with Gasteiger partial charge in [0.2, 0.25) is 0 Å². The van der Waals surface area contributed by atoms with E-state index in [9.17, 15) is 0 Å². The van der Waals surface area contributed by atoms with Crippen LogP contribution in [0.25, 0.3) is 10.2 Å². The molecule has 5 heteroatoms. The number of nitrogens with zero attached hydrogens (tertiary/aromatic N) is 3. The number of aryl methyl sites for hydroxylation is 1. The molecule has 0 amide bonds. The van der Waals surface area contributed by atoms with Crippen molar-refractivity contribution in [2.75, 3.05) is 31.1 Å². The van der Waals surface area contributed by atoms with Crippen LogP contribution in [0.5, 0.6) is 0 Å². The molecule has 1 aliphatic carbocycles. The van der Waals surface area contributed by atoms with Crippen LogP contribution in [0.15, 0.2) is 0 Å². The zero-order valence-electron chi connectivity index (χ0n) is 14.4. The molecule has 4 nitrogen and oxygen atoms in total.